The lowest BCUT2D eigenvalue weighted by Crippen LogP contribution is -2.47. The molecule has 1 aromatic heterocycles. The van der Waals surface area contributed by atoms with Crippen molar-refractivity contribution in [2.45, 2.75) is 64.8 Å². The highest BCUT2D eigenvalue weighted by atomic mass is 28.4. The van der Waals surface area contributed by atoms with Gasteiger partial charge in [0.05, 0.1) is 6.61 Å². The van der Waals surface area contributed by atoms with Crippen LogP contribution in [-0.2, 0) is 11.0 Å². The molecule has 108 valence electrons. The molecular weight excluding hydrogens is 254 g/mol. The van der Waals surface area contributed by atoms with Crippen LogP contribution in [0, 0.1) is 0 Å². The van der Waals surface area contributed by atoms with Gasteiger partial charge in [0.2, 0.25) is 8.32 Å². The third-order valence-electron chi connectivity index (χ3n) is 4.08. The third kappa shape index (κ3) is 3.36. The van der Waals surface area contributed by atoms with E-state index in [0.717, 1.165) is 5.56 Å². The Morgan fingerprint density at radius 3 is 2.05 bits per heavy atom. The largest absolute Gasteiger partial charge is 0.412 e. The van der Waals surface area contributed by atoms with Crippen molar-refractivity contribution in [2.24, 2.45) is 0 Å². The van der Waals surface area contributed by atoms with Crippen molar-refractivity contribution in [3.63, 3.8) is 0 Å². The second-order valence-corrected chi connectivity index (χ2v) is 11.6. The van der Waals surface area contributed by atoms with E-state index >= 15 is 0 Å². The van der Waals surface area contributed by atoms with E-state index in [1.807, 2.05) is 12.1 Å². The summed E-state index contributed by atoms with van der Waals surface area (Å²) in [5, 5.41) is 0. The van der Waals surface area contributed by atoms with Crippen LogP contribution in [-0.4, -0.2) is 13.3 Å². The quantitative estimate of drug-likeness (QED) is 0.799. The van der Waals surface area contributed by atoms with Crippen LogP contribution in [0.5, 0.6) is 0 Å². The predicted octanol–water partition coefficient (Wildman–Crippen LogP) is 4.07. The number of rotatable bonds is 6. The first kappa shape index (κ1) is 16.2. The lowest BCUT2D eigenvalue weighted by molar-refractivity contribution is 0.264. The van der Waals surface area contributed by atoms with Crippen molar-refractivity contribution in [1.29, 1.82) is 0 Å². The van der Waals surface area contributed by atoms with Gasteiger partial charge in [0.15, 0.2) is 0 Å². The third-order valence-corrected chi connectivity index (χ3v) is 10.1. The van der Waals surface area contributed by atoms with E-state index < -0.39 is 8.32 Å². The highest BCUT2D eigenvalue weighted by Crippen LogP contribution is 2.42. The van der Waals surface area contributed by atoms with E-state index in [-0.39, 0.29) is 5.56 Å². The second-order valence-electron chi connectivity index (χ2n) is 6.13. The lowest BCUT2D eigenvalue weighted by Gasteiger charge is -2.42. The van der Waals surface area contributed by atoms with Crippen LogP contribution in [0.15, 0.2) is 23.1 Å². The fourth-order valence-corrected chi connectivity index (χ4v) is 8.68. The molecule has 0 fully saturated rings. The molecule has 4 heteroatoms. The fourth-order valence-electron chi connectivity index (χ4n) is 3.27. The highest BCUT2D eigenvalue weighted by Gasteiger charge is 2.45. The first-order valence-corrected chi connectivity index (χ1v) is 9.26. The summed E-state index contributed by atoms with van der Waals surface area (Å²) in [6.07, 6.45) is 1.66. The van der Waals surface area contributed by atoms with Crippen molar-refractivity contribution in [3.8, 4) is 0 Å². The first-order valence-electron chi connectivity index (χ1n) is 7.12. The summed E-state index contributed by atoms with van der Waals surface area (Å²) in [6.45, 7) is 13.9. The minimum absolute atomic E-state index is 0.0401. The Hall–Kier alpha value is -0.873. The zero-order valence-electron chi connectivity index (χ0n) is 13.0. The van der Waals surface area contributed by atoms with E-state index in [1.54, 1.807) is 6.20 Å². The van der Waals surface area contributed by atoms with Gasteiger partial charge in [0.1, 0.15) is 0 Å². The van der Waals surface area contributed by atoms with Crippen LogP contribution in [0.25, 0.3) is 0 Å². The van der Waals surface area contributed by atoms with E-state index in [1.165, 1.54) is 0 Å². The van der Waals surface area contributed by atoms with Gasteiger partial charge in [-0.05, 0) is 28.8 Å². The van der Waals surface area contributed by atoms with Gasteiger partial charge < -0.3 is 9.41 Å². The zero-order valence-corrected chi connectivity index (χ0v) is 14.0. The van der Waals surface area contributed by atoms with Gasteiger partial charge >= 0.3 is 0 Å². The van der Waals surface area contributed by atoms with Gasteiger partial charge in [-0.2, -0.15) is 0 Å². The number of aromatic amines is 1. The number of hydrogen-bond donors (Lipinski definition) is 1. The molecule has 0 bridgehead atoms. The molecule has 0 aliphatic rings. The summed E-state index contributed by atoms with van der Waals surface area (Å²) in [7, 11) is -1.89. The van der Waals surface area contributed by atoms with Crippen molar-refractivity contribution in [2.75, 3.05) is 0 Å². The predicted molar refractivity (Wildman–Crippen MR) is 82.9 cm³/mol. The standard InChI is InChI=1S/C15H27NO2Si/c1-11(2)19(12(3)4,13(5)6)18-10-14-8-7-9-16-15(14)17/h7-9,11-13H,10H2,1-6H3,(H,16,17). The van der Waals surface area contributed by atoms with Crippen LogP contribution < -0.4 is 5.56 Å². The number of aromatic nitrogens is 1. The summed E-state index contributed by atoms with van der Waals surface area (Å²) >= 11 is 0. The molecule has 0 atom stereocenters. The van der Waals surface area contributed by atoms with Crippen molar-refractivity contribution in [3.05, 3.63) is 34.2 Å². The van der Waals surface area contributed by atoms with Gasteiger partial charge in [0, 0.05) is 11.8 Å². The molecule has 0 aliphatic heterocycles. The smallest absolute Gasteiger partial charge is 0.253 e. The topological polar surface area (TPSA) is 42.1 Å². The maximum Gasteiger partial charge on any atom is 0.253 e. The normalized spacial score (nSPS) is 12.7. The van der Waals surface area contributed by atoms with Crippen LogP contribution >= 0.6 is 0 Å². The molecule has 0 spiro atoms. The summed E-state index contributed by atoms with van der Waals surface area (Å²) < 4.78 is 6.40. The summed E-state index contributed by atoms with van der Waals surface area (Å²) in [4.78, 5) is 14.4. The Bertz CT molecular complexity index is 430. The number of pyridine rings is 1. The minimum atomic E-state index is -1.89. The SMILES string of the molecule is CC(C)[Si](OCc1ccc[nH]c1=O)(C(C)C)C(C)C. The molecule has 1 heterocycles. The lowest BCUT2D eigenvalue weighted by atomic mass is 10.3. The first-order chi connectivity index (χ1) is 8.82. The van der Waals surface area contributed by atoms with Gasteiger partial charge in [0.25, 0.3) is 5.56 Å². The van der Waals surface area contributed by atoms with Crippen LogP contribution in [0.1, 0.15) is 47.1 Å². The Kier molecular flexibility index (Phi) is 5.56. The van der Waals surface area contributed by atoms with Gasteiger partial charge in [-0.1, -0.05) is 41.5 Å². The van der Waals surface area contributed by atoms with Crippen molar-refractivity contribution in [1.82, 2.24) is 4.98 Å². The molecule has 0 aliphatic carbocycles. The summed E-state index contributed by atoms with van der Waals surface area (Å²) in [6, 6.07) is 3.70. The number of H-pyrrole nitrogens is 1. The Morgan fingerprint density at radius 2 is 1.63 bits per heavy atom. The molecule has 19 heavy (non-hydrogen) atoms. The molecule has 1 aromatic rings. The fraction of sp³-hybridized carbons (Fsp3) is 0.667. The van der Waals surface area contributed by atoms with Gasteiger partial charge in [-0.15, -0.1) is 0 Å². The Morgan fingerprint density at radius 1 is 1.11 bits per heavy atom. The van der Waals surface area contributed by atoms with E-state index in [2.05, 4.69) is 46.5 Å². The van der Waals surface area contributed by atoms with Crippen LogP contribution in [0.2, 0.25) is 16.6 Å². The Balaban J connectivity index is 2.97. The van der Waals surface area contributed by atoms with Crippen LogP contribution in [0.3, 0.4) is 0 Å². The maximum absolute atomic E-state index is 11.7. The number of hydrogen-bond acceptors (Lipinski definition) is 2. The molecule has 1 rings (SSSR count). The summed E-state index contributed by atoms with van der Waals surface area (Å²) in [5.41, 5.74) is 2.30. The molecule has 1 N–H and O–H groups in total. The second kappa shape index (κ2) is 6.53. The van der Waals surface area contributed by atoms with E-state index in [4.69, 9.17) is 4.43 Å². The molecule has 0 aromatic carbocycles. The molecule has 0 amide bonds. The zero-order chi connectivity index (χ0) is 14.6. The molecule has 0 unspecified atom stereocenters. The highest BCUT2D eigenvalue weighted by molar-refractivity contribution is 6.77. The van der Waals surface area contributed by atoms with Gasteiger partial charge in [-0.25, -0.2) is 0 Å². The molecule has 3 nitrogen and oxygen atoms in total. The monoisotopic (exact) mass is 281 g/mol. The average Bonchev–Trinajstić information content (AvgIpc) is 2.30. The van der Waals surface area contributed by atoms with Gasteiger partial charge in [-0.3, -0.25) is 4.79 Å². The van der Waals surface area contributed by atoms with Crippen molar-refractivity contribution < 1.29 is 4.43 Å². The van der Waals surface area contributed by atoms with Crippen LogP contribution in [0.4, 0.5) is 0 Å². The number of nitrogens with one attached hydrogen (secondary N) is 1. The molecule has 0 saturated heterocycles. The van der Waals surface area contributed by atoms with E-state index in [9.17, 15) is 4.79 Å². The molecule has 0 radical (unpaired) electrons. The molecular formula is C15H27NO2Si. The average molecular weight is 281 g/mol. The van der Waals surface area contributed by atoms with Crippen molar-refractivity contribution >= 4 is 8.32 Å². The summed E-state index contributed by atoms with van der Waals surface area (Å²) in [5.74, 6) is 0. The maximum atomic E-state index is 11.7. The Labute approximate surface area is 117 Å². The minimum Gasteiger partial charge on any atom is -0.412 e. The molecule has 0 saturated carbocycles. The van der Waals surface area contributed by atoms with E-state index in [0.29, 0.717) is 23.2 Å².